The van der Waals surface area contributed by atoms with E-state index in [1.54, 1.807) is 61.5 Å². The molecule has 3 aromatic rings. The molecule has 0 saturated heterocycles. The number of ether oxygens (including phenoxy) is 2. The first kappa shape index (κ1) is 24.5. The van der Waals surface area contributed by atoms with Crippen LogP contribution in [-0.2, 0) is 11.4 Å². The maximum Gasteiger partial charge on any atom is 0.283 e. The minimum atomic E-state index is -0.508. The standard InChI is InChI=1S/C27H22Cl2N2O4/c1-3-34-24-15-19(14-23(29)25(24)35-16-18-8-7-11-21(28)12-18)13-22-17(2)30-31(27(22)33)26(32)20-9-5-4-6-10-20/h4-15H,3,16H2,1-2H3/b22-13+. The number of rotatable bonds is 7. The van der Waals surface area contributed by atoms with E-state index in [-0.39, 0.29) is 6.61 Å². The zero-order valence-corrected chi connectivity index (χ0v) is 20.6. The van der Waals surface area contributed by atoms with E-state index in [9.17, 15) is 9.59 Å². The van der Waals surface area contributed by atoms with Crippen LogP contribution in [0.5, 0.6) is 11.5 Å². The van der Waals surface area contributed by atoms with E-state index in [2.05, 4.69) is 5.10 Å². The van der Waals surface area contributed by atoms with E-state index in [0.717, 1.165) is 10.6 Å². The van der Waals surface area contributed by atoms with E-state index in [1.165, 1.54) is 0 Å². The molecule has 3 aromatic carbocycles. The average Bonchev–Trinajstić information content (AvgIpc) is 3.12. The van der Waals surface area contributed by atoms with Crippen LogP contribution in [0.4, 0.5) is 0 Å². The van der Waals surface area contributed by atoms with E-state index in [0.29, 0.717) is 50.6 Å². The van der Waals surface area contributed by atoms with Gasteiger partial charge in [0.25, 0.3) is 11.8 Å². The van der Waals surface area contributed by atoms with Crippen molar-refractivity contribution in [2.24, 2.45) is 5.10 Å². The second kappa shape index (κ2) is 10.8. The zero-order chi connectivity index (χ0) is 24.9. The number of hydrogen-bond acceptors (Lipinski definition) is 5. The summed E-state index contributed by atoms with van der Waals surface area (Å²) in [6, 6.07) is 19.3. The molecule has 1 aliphatic heterocycles. The Balaban J connectivity index is 1.60. The minimum absolute atomic E-state index is 0.252. The molecule has 1 heterocycles. The first-order chi connectivity index (χ1) is 16.9. The summed E-state index contributed by atoms with van der Waals surface area (Å²) in [6.45, 7) is 4.17. The van der Waals surface area contributed by atoms with Crippen molar-refractivity contribution in [3.8, 4) is 11.5 Å². The van der Waals surface area contributed by atoms with Gasteiger partial charge in [0.05, 0.1) is 22.9 Å². The van der Waals surface area contributed by atoms with Crippen LogP contribution in [-0.4, -0.2) is 29.1 Å². The van der Waals surface area contributed by atoms with Gasteiger partial charge >= 0.3 is 0 Å². The summed E-state index contributed by atoms with van der Waals surface area (Å²) in [7, 11) is 0. The van der Waals surface area contributed by atoms with Crippen molar-refractivity contribution in [2.75, 3.05) is 6.61 Å². The van der Waals surface area contributed by atoms with Crippen LogP contribution < -0.4 is 9.47 Å². The molecule has 4 rings (SSSR count). The molecule has 0 unspecified atom stereocenters. The second-order valence-corrected chi connectivity index (χ2v) is 8.56. The Bertz CT molecular complexity index is 1340. The number of halogens is 2. The molecule has 2 amide bonds. The van der Waals surface area contributed by atoms with Crippen LogP contribution in [0.15, 0.2) is 77.4 Å². The molecule has 0 saturated carbocycles. The van der Waals surface area contributed by atoms with E-state index in [1.807, 2.05) is 25.1 Å². The zero-order valence-electron chi connectivity index (χ0n) is 19.1. The van der Waals surface area contributed by atoms with Gasteiger partial charge in [-0.1, -0.05) is 53.5 Å². The van der Waals surface area contributed by atoms with Gasteiger partial charge in [0, 0.05) is 10.6 Å². The topological polar surface area (TPSA) is 68.2 Å². The molecule has 0 atom stereocenters. The molecule has 8 heteroatoms. The molecule has 0 bridgehead atoms. The maximum atomic E-state index is 13.0. The summed E-state index contributed by atoms with van der Waals surface area (Å²) in [6.07, 6.45) is 1.63. The predicted octanol–water partition coefficient (Wildman–Crippen LogP) is 6.41. The molecule has 6 nitrogen and oxygen atoms in total. The van der Waals surface area contributed by atoms with E-state index < -0.39 is 11.8 Å². The van der Waals surface area contributed by atoms with Crippen molar-refractivity contribution in [3.05, 3.63) is 99.0 Å². The Morgan fingerprint density at radius 1 is 1.03 bits per heavy atom. The number of hydrazone groups is 1. The van der Waals surface area contributed by atoms with Crippen LogP contribution in [0.2, 0.25) is 10.0 Å². The van der Waals surface area contributed by atoms with E-state index >= 15 is 0 Å². The van der Waals surface area contributed by atoms with Crippen molar-refractivity contribution in [3.63, 3.8) is 0 Å². The fourth-order valence-corrected chi connectivity index (χ4v) is 4.03. The number of hydrogen-bond donors (Lipinski definition) is 0. The lowest BCUT2D eigenvalue weighted by Gasteiger charge is -2.15. The predicted molar refractivity (Wildman–Crippen MR) is 137 cm³/mol. The van der Waals surface area contributed by atoms with Crippen LogP contribution >= 0.6 is 23.2 Å². The summed E-state index contributed by atoms with van der Waals surface area (Å²) in [5.41, 5.74) is 2.59. The molecule has 0 spiro atoms. The number of imide groups is 1. The smallest absolute Gasteiger partial charge is 0.283 e. The summed E-state index contributed by atoms with van der Waals surface area (Å²) in [4.78, 5) is 25.8. The molecule has 0 aliphatic carbocycles. The first-order valence-corrected chi connectivity index (χ1v) is 11.7. The van der Waals surface area contributed by atoms with Gasteiger partial charge in [0.15, 0.2) is 11.5 Å². The van der Waals surface area contributed by atoms with Crippen molar-refractivity contribution < 1.29 is 19.1 Å². The maximum absolute atomic E-state index is 13.0. The Kier molecular flexibility index (Phi) is 7.54. The number of carbonyl (C=O) groups is 2. The first-order valence-electron chi connectivity index (χ1n) is 10.9. The van der Waals surface area contributed by atoms with Crippen molar-refractivity contribution in [1.29, 1.82) is 0 Å². The summed E-state index contributed by atoms with van der Waals surface area (Å²) in [5.74, 6) is -0.173. The number of carbonyl (C=O) groups excluding carboxylic acids is 2. The largest absolute Gasteiger partial charge is 0.490 e. The highest BCUT2D eigenvalue weighted by molar-refractivity contribution is 6.33. The second-order valence-electron chi connectivity index (χ2n) is 7.71. The van der Waals surface area contributed by atoms with Gasteiger partial charge in [-0.25, -0.2) is 0 Å². The molecule has 0 aromatic heterocycles. The monoisotopic (exact) mass is 508 g/mol. The number of amides is 2. The lowest BCUT2D eigenvalue weighted by atomic mass is 10.1. The van der Waals surface area contributed by atoms with Gasteiger partial charge in [-0.05, 0) is 67.4 Å². The van der Waals surface area contributed by atoms with Crippen molar-refractivity contribution >= 4 is 46.8 Å². The summed E-state index contributed by atoms with van der Waals surface area (Å²) in [5, 5.41) is 5.99. The van der Waals surface area contributed by atoms with Gasteiger partial charge in [-0.3, -0.25) is 9.59 Å². The molecular formula is C27H22Cl2N2O4. The quantitative estimate of drug-likeness (QED) is 0.273. The summed E-state index contributed by atoms with van der Waals surface area (Å²) >= 11 is 12.6. The van der Waals surface area contributed by atoms with Gasteiger partial charge in [0.2, 0.25) is 0 Å². The van der Waals surface area contributed by atoms with Crippen molar-refractivity contribution in [1.82, 2.24) is 5.01 Å². The molecule has 178 valence electrons. The third-order valence-corrected chi connectivity index (χ3v) is 5.71. The minimum Gasteiger partial charge on any atom is -0.490 e. The van der Waals surface area contributed by atoms with Gasteiger partial charge in [-0.15, -0.1) is 0 Å². The van der Waals surface area contributed by atoms with Crippen molar-refractivity contribution in [2.45, 2.75) is 20.5 Å². The Hall–Kier alpha value is -3.61. The van der Waals surface area contributed by atoms with Crippen LogP contribution in [0, 0.1) is 0 Å². The molecule has 1 aliphatic rings. The third kappa shape index (κ3) is 5.56. The van der Waals surface area contributed by atoms with Crippen LogP contribution in [0.25, 0.3) is 6.08 Å². The van der Waals surface area contributed by atoms with Gasteiger partial charge < -0.3 is 9.47 Å². The highest BCUT2D eigenvalue weighted by Gasteiger charge is 2.33. The van der Waals surface area contributed by atoms with E-state index in [4.69, 9.17) is 32.7 Å². The number of benzene rings is 3. The lowest BCUT2D eigenvalue weighted by molar-refractivity contribution is -0.123. The molecule has 0 N–H and O–H groups in total. The highest BCUT2D eigenvalue weighted by atomic mass is 35.5. The normalized spacial score (nSPS) is 14.3. The molecule has 0 fully saturated rings. The molecule has 0 radical (unpaired) electrons. The van der Waals surface area contributed by atoms with Gasteiger partial charge in [-0.2, -0.15) is 10.1 Å². The fourth-order valence-electron chi connectivity index (χ4n) is 3.55. The molecular weight excluding hydrogens is 487 g/mol. The van der Waals surface area contributed by atoms with Gasteiger partial charge in [0.1, 0.15) is 6.61 Å². The summed E-state index contributed by atoms with van der Waals surface area (Å²) < 4.78 is 11.7. The van der Waals surface area contributed by atoms with Crippen LogP contribution in [0.1, 0.15) is 35.3 Å². The van der Waals surface area contributed by atoms with Crippen LogP contribution in [0.3, 0.4) is 0 Å². The highest BCUT2D eigenvalue weighted by Crippen LogP contribution is 2.38. The lowest BCUT2D eigenvalue weighted by Crippen LogP contribution is -2.29. The Morgan fingerprint density at radius 2 is 1.80 bits per heavy atom. The third-order valence-electron chi connectivity index (χ3n) is 5.19. The Morgan fingerprint density at radius 3 is 2.51 bits per heavy atom. The molecule has 35 heavy (non-hydrogen) atoms. The SMILES string of the molecule is CCOc1cc(/C=C2/C(=O)N(C(=O)c3ccccc3)N=C2C)cc(Cl)c1OCc1cccc(Cl)c1. The Labute approximate surface area is 213 Å². The average molecular weight is 509 g/mol. The fraction of sp³-hybridized carbons (Fsp3) is 0.148. The number of nitrogens with zero attached hydrogens (tertiary/aromatic N) is 2.